The highest BCUT2D eigenvalue weighted by Crippen LogP contribution is 2.21. The van der Waals surface area contributed by atoms with Gasteiger partial charge in [0.1, 0.15) is 11.6 Å². The Bertz CT molecular complexity index is 909. The van der Waals surface area contributed by atoms with Crippen LogP contribution in [-0.4, -0.2) is 26.3 Å². The fraction of sp³-hybridized carbons (Fsp3) is 0.519. The molecule has 1 aliphatic rings. The predicted octanol–water partition coefficient (Wildman–Crippen LogP) is 6.02. The molecule has 2 aromatic carbocycles. The van der Waals surface area contributed by atoms with E-state index in [2.05, 4.69) is 13.8 Å². The quantitative estimate of drug-likeness (QED) is 0.180. The van der Waals surface area contributed by atoms with Crippen LogP contribution in [0.1, 0.15) is 80.3 Å². The normalized spacial score (nSPS) is 14.5. The van der Waals surface area contributed by atoms with Crippen molar-refractivity contribution in [2.75, 3.05) is 13.2 Å². The second kappa shape index (κ2) is 12.9. The minimum atomic E-state index is -0.710. The van der Waals surface area contributed by atoms with Gasteiger partial charge in [-0.05, 0) is 67.0 Å². The van der Waals surface area contributed by atoms with E-state index in [1.807, 2.05) is 19.1 Å². The van der Waals surface area contributed by atoms with E-state index in [0.717, 1.165) is 24.8 Å². The molecule has 1 saturated heterocycles. The summed E-state index contributed by atoms with van der Waals surface area (Å²) in [5.74, 6) is -0.539. The molecule has 0 bridgehead atoms. The third-order valence-corrected chi connectivity index (χ3v) is 6.24. The molecule has 0 N–H and O–H groups in total. The fourth-order valence-corrected chi connectivity index (χ4v) is 4.17. The summed E-state index contributed by atoms with van der Waals surface area (Å²) in [6, 6.07) is 10.0. The van der Waals surface area contributed by atoms with Gasteiger partial charge < -0.3 is 14.0 Å². The summed E-state index contributed by atoms with van der Waals surface area (Å²) in [5.41, 5.74) is 2.80. The number of benzene rings is 2. The van der Waals surface area contributed by atoms with Gasteiger partial charge in [0.2, 0.25) is 0 Å². The van der Waals surface area contributed by atoms with Gasteiger partial charge in [-0.25, -0.2) is 9.18 Å². The molecule has 0 amide bonds. The van der Waals surface area contributed by atoms with Gasteiger partial charge in [0.05, 0.1) is 5.56 Å². The lowest BCUT2D eigenvalue weighted by Crippen LogP contribution is -2.44. The number of ether oxygens (including phenoxy) is 1. The minimum Gasteiger partial charge on any atom is -0.423 e. The van der Waals surface area contributed by atoms with Gasteiger partial charge in [-0.3, -0.25) is 0 Å². The van der Waals surface area contributed by atoms with Crippen molar-refractivity contribution >= 4 is 18.6 Å². The van der Waals surface area contributed by atoms with Gasteiger partial charge in [0.25, 0.3) is 0 Å². The number of aryl methyl sites for hydroxylation is 2. The fourth-order valence-electron chi connectivity index (χ4n) is 4.17. The molecule has 178 valence electrons. The molecule has 1 fully saturated rings. The average Bonchev–Trinajstić information content (AvgIpc) is 2.81. The van der Waals surface area contributed by atoms with E-state index in [1.165, 1.54) is 49.8 Å². The summed E-state index contributed by atoms with van der Waals surface area (Å²) in [5, 5.41) is 0. The SMILES string of the molecule is CCCCCc1ccc(OC(=O)c2ccc(B3OCC(CCCCC)CO3)cc2F)cc1C. The van der Waals surface area contributed by atoms with Gasteiger partial charge in [-0.1, -0.05) is 58.1 Å². The number of rotatable bonds is 11. The molecule has 2 aromatic rings. The maximum atomic E-state index is 14.7. The Balaban J connectivity index is 1.56. The lowest BCUT2D eigenvalue weighted by atomic mass is 9.77. The van der Waals surface area contributed by atoms with Crippen LogP contribution in [0.15, 0.2) is 36.4 Å². The van der Waals surface area contributed by atoms with Crippen molar-refractivity contribution in [2.45, 2.75) is 72.1 Å². The lowest BCUT2D eigenvalue weighted by Gasteiger charge is -2.27. The van der Waals surface area contributed by atoms with Crippen LogP contribution in [0.5, 0.6) is 5.75 Å². The van der Waals surface area contributed by atoms with Crippen molar-refractivity contribution < 1.29 is 23.2 Å². The first-order chi connectivity index (χ1) is 16.0. The van der Waals surface area contributed by atoms with Crippen molar-refractivity contribution in [2.24, 2.45) is 5.92 Å². The summed E-state index contributed by atoms with van der Waals surface area (Å²) in [7, 11) is -0.602. The predicted molar refractivity (Wildman–Crippen MR) is 131 cm³/mol. The average molecular weight is 454 g/mol. The first-order valence-corrected chi connectivity index (χ1v) is 12.4. The van der Waals surface area contributed by atoms with Crippen molar-refractivity contribution in [1.29, 1.82) is 0 Å². The molecule has 33 heavy (non-hydrogen) atoms. The Morgan fingerprint density at radius 1 is 1.03 bits per heavy atom. The number of carbonyl (C=O) groups is 1. The Hall–Kier alpha value is -2.18. The van der Waals surface area contributed by atoms with Gasteiger partial charge in [0, 0.05) is 19.1 Å². The van der Waals surface area contributed by atoms with Crippen LogP contribution in [0, 0.1) is 18.7 Å². The highest BCUT2D eigenvalue weighted by atomic mass is 19.1. The Labute approximate surface area is 198 Å². The lowest BCUT2D eigenvalue weighted by molar-refractivity contribution is 0.0728. The Morgan fingerprint density at radius 2 is 1.76 bits per heavy atom. The number of unbranched alkanes of at least 4 members (excludes halogenated alkanes) is 4. The summed E-state index contributed by atoms with van der Waals surface area (Å²) < 4.78 is 31.8. The third-order valence-electron chi connectivity index (χ3n) is 6.24. The molecule has 0 spiro atoms. The highest BCUT2D eigenvalue weighted by molar-refractivity contribution is 6.61. The van der Waals surface area contributed by atoms with Gasteiger partial charge in [-0.2, -0.15) is 0 Å². The van der Waals surface area contributed by atoms with Crippen LogP contribution in [-0.2, 0) is 15.7 Å². The van der Waals surface area contributed by atoms with Crippen molar-refractivity contribution in [3.05, 3.63) is 58.9 Å². The molecule has 0 aromatic heterocycles. The molecule has 3 rings (SSSR count). The number of hydrogen-bond donors (Lipinski definition) is 0. The van der Waals surface area contributed by atoms with E-state index in [0.29, 0.717) is 30.3 Å². The molecular weight excluding hydrogens is 418 g/mol. The summed E-state index contributed by atoms with van der Waals surface area (Å²) in [6.07, 6.45) is 9.18. The van der Waals surface area contributed by atoms with E-state index in [4.69, 9.17) is 14.0 Å². The number of esters is 1. The Kier molecular flexibility index (Phi) is 9.95. The zero-order valence-electron chi connectivity index (χ0n) is 20.2. The molecule has 0 aliphatic carbocycles. The van der Waals surface area contributed by atoms with E-state index >= 15 is 0 Å². The standard InChI is InChI=1S/C27H36BFO4/c1-4-6-8-10-21-18-31-28(32-19-21)23-13-15-25(26(29)17-23)27(30)33-24-14-12-22(20(3)16-24)11-9-7-5-2/h12-17,21H,4-11,18-19H2,1-3H3. The maximum Gasteiger partial charge on any atom is 0.493 e. The minimum absolute atomic E-state index is 0.100. The topological polar surface area (TPSA) is 44.8 Å². The molecule has 1 aliphatic heterocycles. The molecule has 6 heteroatoms. The van der Waals surface area contributed by atoms with E-state index in [1.54, 1.807) is 12.1 Å². The largest absolute Gasteiger partial charge is 0.493 e. The molecule has 0 atom stereocenters. The van der Waals surface area contributed by atoms with Crippen LogP contribution in [0.3, 0.4) is 0 Å². The second-order valence-electron chi connectivity index (χ2n) is 9.03. The van der Waals surface area contributed by atoms with E-state index in [9.17, 15) is 9.18 Å². The van der Waals surface area contributed by atoms with Crippen LogP contribution in [0.4, 0.5) is 4.39 Å². The van der Waals surface area contributed by atoms with E-state index in [-0.39, 0.29) is 5.56 Å². The number of hydrogen-bond acceptors (Lipinski definition) is 4. The van der Waals surface area contributed by atoms with Crippen LogP contribution >= 0.6 is 0 Å². The van der Waals surface area contributed by atoms with Crippen molar-refractivity contribution in [3.8, 4) is 5.75 Å². The zero-order valence-corrected chi connectivity index (χ0v) is 20.2. The van der Waals surface area contributed by atoms with Gasteiger partial charge in [-0.15, -0.1) is 0 Å². The first kappa shape index (κ1) is 25.4. The van der Waals surface area contributed by atoms with Crippen LogP contribution in [0.2, 0.25) is 0 Å². The second-order valence-corrected chi connectivity index (χ2v) is 9.03. The van der Waals surface area contributed by atoms with Crippen molar-refractivity contribution in [3.63, 3.8) is 0 Å². The smallest absolute Gasteiger partial charge is 0.423 e. The van der Waals surface area contributed by atoms with Crippen molar-refractivity contribution in [1.82, 2.24) is 0 Å². The van der Waals surface area contributed by atoms with Gasteiger partial charge >= 0.3 is 13.1 Å². The molecule has 4 nitrogen and oxygen atoms in total. The molecular formula is C27H36BFO4. The number of halogens is 1. The summed E-state index contributed by atoms with van der Waals surface area (Å²) in [6.45, 7) is 7.58. The third kappa shape index (κ3) is 7.41. The summed E-state index contributed by atoms with van der Waals surface area (Å²) in [4.78, 5) is 12.6. The Morgan fingerprint density at radius 3 is 2.42 bits per heavy atom. The van der Waals surface area contributed by atoms with Gasteiger partial charge in [0.15, 0.2) is 0 Å². The van der Waals surface area contributed by atoms with Crippen LogP contribution in [0.25, 0.3) is 0 Å². The molecule has 0 radical (unpaired) electrons. The number of carbonyl (C=O) groups excluding carboxylic acids is 1. The zero-order chi connectivity index (χ0) is 23.6. The maximum absolute atomic E-state index is 14.7. The van der Waals surface area contributed by atoms with E-state index < -0.39 is 18.9 Å². The summed E-state index contributed by atoms with van der Waals surface area (Å²) >= 11 is 0. The molecule has 1 heterocycles. The monoisotopic (exact) mass is 454 g/mol. The highest BCUT2D eigenvalue weighted by Gasteiger charge is 2.30. The van der Waals surface area contributed by atoms with Crippen LogP contribution < -0.4 is 10.2 Å². The molecule has 0 saturated carbocycles. The molecule has 0 unspecified atom stereocenters. The first-order valence-electron chi connectivity index (χ1n) is 12.4.